The lowest BCUT2D eigenvalue weighted by Crippen LogP contribution is -2.26. The largest absolute Gasteiger partial charge is 0.330 e. The zero-order chi connectivity index (χ0) is 25.6. The van der Waals surface area contributed by atoms with E-state index in [1.807, 2.05) is 71.3 Å². The van der Waals surface area contributed by atoms with E-state index in [1.165, 1.54) is 0 Å². The fourth-order valence-corrected chi connectivity index (χ4v) is 4.85. The molecule has 0 fully saturated rings. The van der Waals surface area contributed by atoms with E-state index in [0.29, 0.717) is 29.8 Å². The molecule has 0 atom stereocenters. The van der Waals surface area contributed by atoms with Crippen molar-refractivity contribution in [1.82, 2.24) is 34.7 Å². The van der Waals surface area contributed by atoms with Crippen molar-refractivity contribution >= 4 is 11.6 Å². The standard InChI is InChI=1S/C28H28ClN7O/c1-2-3-5-12-24-26(29)36(19-20-9-6-4-7-10-20)28(37)35(24)18-21-13-15-22(16-14-21)23-11-8-17-30-25(23)27-31-33-34-32-27/h4,6-11,13-17H,2-3,5,12,18-19H2,1H3,(H,31,32,33,34). The van der Waals surface area contributed by atoms with Crippen LogP contribution in [0.25, 0.3) is 22.6 Å². The summed E-state index contributed by atoms with van der Waals surface area (Å²) >= 11 is 6.82. The van der Waals surface area contributed by atoms with Gasteiger partial charge in [-0.1, -0.05) is 92.0 Å². The summed E-state index contributed by atoms with van der Waals surface area (Å²) in [6, 6.07) is 21.9. The smallest absolute Gasteiger partial charge is 0.290 e. The fraction of sp³-hybridized carbons (Fsp3) is 0.250. The fourth-order valence-electron chi connectivity index (χ4n) is 4.52. The van der Waals surface area contributed by atoms with Gasteiger partial charge in [-0.05, 0) is 46.0 Å². The number of pyridine rings is 1. The lowest BCUT2D eigenvalue weighted by atomic mass is 10.0. The summed E-state index contributed by atoms with van der Waals surface area (Å²) in [5.41, 5.74) is 5.45. The second kappa shape index (κ2) is 11.3. The van der Waals surface area contributed by atoms with Gasteiger partial charge in [0.2, 0.25) is 0 Å². The van der Waals surface area contributed by atoms with Crippen molar-refractivity contribution in [2.45, 2.75) is 45.7 Å². The number of benzene rings is 2. The summed E-state index contributed by atoms with van der Waals surface area (Å²) in [6.07, 6.45) is 5.67. The van der Waals surface area contributed by atoms with Crippen LogP contribution in [0.4, 0.5) is 0 Å². The van der Waals surface area contributed by atoms with E-state index in [2.05, 4.69) is 32.5 Å². The van der Waals surface area contributed by atoms with Crippen LogP contribution >= 0.6 is 11.6 Å². The highest BCUT2D eigenvalue weighted by Crippen LogP contribution is 2.28. The molecule has 188 valence electrons. The molecule has 3 heterocycles. The van der Waals surface area contributed by atoms with Crippen LogP contribution in [0.5, 0.6) is 0 Å². The van der Waals surface area contributed by atoms with Gasteiger partial charge < -0.3 is 0 Å². The van der Waals surface area contributed by atoms with Gasteiger partial charge in [-0.15, -0.1) is 5.10 Å². The van der Waals surface area contributed by atoms with Gasteiger partial charge in [-0.25, -0.2) is 9.89 Å². The Morgan fingerprint density at radius 2 is 1.65 bits per heavy atom. The molecule has 5 aromatic rings. The summed E-state index contributed by atoms with van der Waals surface area (Å²) in [7, 11) is 0. The molecular formula is C28H28ClN7O. The number of nitrogens with one attached hydrogen (secondary N) is 1. The zero-order valence-electron chi connectivity index (χ0n) is 20.6. The first-order valence-corrected chi connectivity index (χ1v) is 12.8. The minimum Gasteiger partial charge on any atom is -0.290 e. The third-order valence-corrected chi connectivity index (χ3v) is 6.87. The number of hydrogen-bond acceptors (Lipinski definition) is 5. The number of hydrogen-bond donors (Lipinski definition) is 1. The van der Waals surface area contributed by atoms with Gasteiger partial charge in [0.05, 0.1) is 18.8 Å². The molecule has 0 unspecified atom stereocenters. The monoisotopic (exact) mass is 513 g/mol. The molecular weight excluding hydrogens is 486 g/mol. The number of halogens is 1. The Hall–Kier alpha value is -4.04. The van der Waals surface area contributed by atoms with Crippen molar-refractivity contribution in [3.63, 3.8) is 0 Å². The van der Waals surface area contributed by atoms with Crippen LogP contribution in [0, 0.1) is 0 Å². The molecule has 0 spiro atoms. The van der Waals surface area contributed by atoms with Gasteiger partial charge in [0.25, 0.3) is 0 Å². The SMILES string of the molecule is CCCCCc1c(Cl)n(Cc2ccccc2)c(=O)n1Cc1ccc(-c2cccnc2-c2nnn[nH]2)cc1. The maximum absolute atomic E-state index is 13.5. The van der Waals surface area contributed by atoms with E-state index in [0.717, 1.165) is 53.6 Å². The van der Waals surface area contributed by atoms with E-state index in [4.69, 9.17) is 11.6 Å². The average molecular weight is 514 g/mol. The molecule has 0 radical (unpaired) electrons. The Morgan fingerprint density at radius 3 is 2.38 bits per heavy atom. The van der Waals surface area contributed by atoms with Crippen LogP contribution in [0.1, 0.15) is 43.0 Å². The molecule has 3 aromatic heterocycles. The summed E-state index contributed by atoms with van der Waals surface area (Å²) < 4.78 is 3.51. The Labute approximate surface area is 220 Å². The highest BCUT2D eigenvalue weighted by molar-refractivity contribution is 6.30. The first-order chi connectivity index (χ1) is 18.2. The van der Waals surface area contributed by atoms with Crippen LogP contribution in [-0.4, -0.2) is 34.7 Å². The Kier molecular flexibility index (Phi) is 7.56. The molecule has 37 heavy (non-hydrogen) atoms. The van der Waals surface area contributed by atoms with Crippen LogP contribution in [-0.2, 0) is 19.5 Å². The summed E-state index contributed by atoms with van der Waals surface area (Å²) in [5, 5.41) is 14.6. The number of unbranched alkanes of at least 4 members (excludes halogenated alkanes) is 2. The van der Waals surface area contributed by atoms with Crippen molar-refractivity contribution in [2.75, 3.05) is 0 Å². The number of imidazole rings is 1. The van der Waals surface area contributed by atoms with Crippen LogP contribution < -0.4 is 5.69 Å². The Balaban J connectivity index is 1.45. The minimum absolute atomic E-state index is 0.0863. The van der Waals surface area contributed by atoms with Crippen molar-refractivity contribution in [1.29, 1.82) is 0 Å². The molecule has 0 amide bonds. The van der Waals surface area contributed by atoms with Crippen molar-refractivity contribution in [2.24, 2.45) is 0 Å². The number of tetrazole rings is 1. The third kappa shape index (κ3) is 5.39. The molecule has 0 aliphatic carbocycles. The second-order valence-electron chi connectivity index (χ2n) is 8.98. The summed E-state index contributed by atoms with van der Waals surface area (Å²) in [5.74, 6) is 0.511. The highest BCUT2D eigenvalue weighted by atomic mass is 35.5. The van der Waals surface area contributed by atoms with Crippen molar-refractivity contribution in [3.05, 3.63) is 105 Å². The number of aromatic nitrogens is 7. The summed E-state index contributed by atoms with van der Waals surface area (Å²) in [4.78, 5) is 18.0. The van der Waals surface area contributed by atoms with Gasteiger partial charge in [0.15, 0.2) is 5.82 Å². The molecule has 0 aliphatic rings. The van der Waals surface area contributed by atoms with Gasteiger partial charge in [0, 0.05) is 11.8 Å². The number of nitrogens with zero attached hydrogens (tertiary/aromatic N) is 6. The van der Waals surface area contributed by atoms with Gasteiger partial charge >= 0.3 is 5.69 Å². The van der Waals surface area contributed by atoms with Crippen LogP contribution in [0.15, 0.2) is 77.7 Å². The first kappa shape index (κ1) is 24.6. The molecule has 0 saturated carbocycles. The number of aromatic amines is 1. The molecule has 0 aliphatic heterocycles. The van der Waals surface area contributed by atoms with Gasteiger partial charge in [0.1, 0.15) is 10.8 Å². The van der Waals surface area contributed by atoms with E-state index in [9.17, 15) is 4.79 Å². The van der Waals surface area contributed by atoms with Crippen LogP contribution in [0.3, 0.4) is 0 Å². The van der Waals surface area contributed by atoms with E-state index >= 15 is 0 Å². The normalized spacial score (nSPS) is 11.2. The Morgan fingerprint density at radius 1 is 0.892 bits per heavy atom. The predicted molar refractivity (Wildman–Crippen MR) is 144 cm³/mol. The maximum atomic E-state index is 13.5. The van der Waals surface area contributed by atoms with E-state index in [-0.39, 0.29) is 5.69 Å². The van der Waals surface area contributed by atoms with Crippen molar-refractivity contribution < 1.29 is 0 Å². The Bertz CT molecular complexity index is 1510. The third-order valence-electron chi connectivity index (χ3n) is 6.45. The molecule has 1 N–H and O–H groups in total. The summed E-state index contributed by atoms with van der Waals surface area (Å²) in [6.45, 7) is 3.07. The second-order valence-corrected chi connectivity index (χ2v) is 9.34. The lowest BCUT2D eigenvalue weighted by molar-refractivity contribution is 0.643. The molecule has 0 saturated heterocycles. The topological polar surface area (TPSA) is 94.3 Å². The molecule has 2 aromatic carbocycles. The van der Waals surface area contributed by atoms with Gasteiger partial charge in [-0.3, -0.25) is 14.1 Å². The maximum Gasteiger partial charge on any atom is 0.330 e. The molecule has 5 rings (SSSR count). The van der Waals surface area contributed by atoms with Gasteiger partial charge in [-0.2, -0.15) is 0 Å². The molecule has 8 nitrogen and oxygen atoms in total. The molecule has 0 bridgehead atoms. The van der Waals surface area contributed by atoms with E-state index in [1.54, 1.807) is 10.8 Å². The average Bonchev–Trinajstić information content (AvgIpc) is 3.55. The molecule has 9 heteroatoms. The highest BCUT2D eigenvalue weighted by Gasteiger charge is 2.19. The quantitative estimate of drug-likeness (QED) is 0.253. The van der Waals surface area contributed by atoms with Crippen LogP contribution in [0.2, 0.25) is 5.15 Å². The number of rotatable bonds is 10. The lowest BCUT2D eigenvalue weighted by Gasteiger charge is -2.10. The minimum atomic E-state index is -0.0863. The van der Waals surface area contributed by atoms with E-state index < -0.39 is 0 Å². The zero-order valence-corrected chi connectivity index (χ0v) is 21.4. The number of H-pyrrole nitrogens is 1. The van der Waals surface area contributed by atoms with Crippen molar-refractivity contribution in [3.8, 4) is 22.6 Å². The predicted octanol–water partition coefficient (Wildman–Crippen LogP) is 5.37. The first-order valence-electron chi connectivity index (χ1n) is 12.5.